The normalized spacial score (nSPS) is 21.4. The molecule has 0 N–H and O–H groups in total. The van der Waals surface area contributed by atoms with Gasteiger partial charge in [0.15, 0.2) is 0 Å². The number of hydrogen-bond donors (Lipinski definition) is 0. The first-order valence-electron chi connectivity index (χ1n) is 18.2. The maximum atomic E-state index is 12.9. The van der Waals surface area contributed by atoms with Crippen LogP contribution in [-0.4, -0.2) is 37.4 Å². The molecule has 2 aliphatic rings. The molecule has 1 heterocycles. The lowest BCUT2D eigenvalue weighted by Crippen LogP contribution is -2.37. The number of unbranched alkanes of at least 4 members (excludes halogenated alkanes) is 22. The van der Waals surface area contributed by atoms with Gasteiger partial charge in [-0.15, -0.1) is 0 Å². The van der Waals surface area contributed by atoms with Crippen molar-refractivity contribution >= 4 is 11.9 Å². The third-order valence-corrected chi connectivity index (χ3v) is 9.24. The molecule has 41 heavy (non-hydrogen) atoms. The summed E-state index contributed by atoms with van der Waals surface area (Å²) in [5.41, 5.74) is 0. The first-order chi connectivity index (χ1) is 20.2. The Morgan fingerprint density at radius 1 is 0.463 bits per heavy atom. The SMILES string of the molecule is CCCCCCCCCCCCCCOC(=O)C1CC2OC2CC1C(=O)OCCCCCCCCCCCCCC. The number of ether oxygens (including phenoxy) is 3. The Hall–Kier alpha value is -1.10. The maximum Gasteiger partial charge on any atom is 0.309 e. The van der Waals surface area contributed by atoms with Crippen molar-refractivity contribution in [2.45, 2.75) is 193 Å². The van der Waals surface area contributed by atoms with Gasteiger partial charge in [-0.2, -0.15) is 0 Å². The molecular weight excluding hydrogens is 512 g/mol. The van der Waals surface area contributed by atoms with Gasteiger partial charge in [0.25, 0.3) is 0 Å². The summed E-state index contributed by atoms with van der Waals surface area (Å²) in [5.74, 6) is -1.28. The maximum absolute atomic E-state index is 12.9. The number of fused-ring (bicyclic) bond motifs is 1. The Bertz CT molecular complexity index is 596. The molecule has 2 rings (SSSR count). The molecular formula is C36H66O5. The van der Waals surface area contributed by atoms with Crippen molar-refractivity contribution in [2.24, 2.45) is 11.8 Å². The van der Waals surface area contributed by atoms with Crippen LogP contribution in [0.1, 0.15) is 181 Å². The van der Waals surface area contributed by atoms with Crippen molar-refractivity contribution in [3.8, 4) is 0 Å². The molecule has 1 aliphatic heterocycles. The van der Waals surface area contributed by atoms with E-state index in [0.717, 1.165) is 25.7 Å². The summed E-state index contributed by atoms with van der Waals surface area (Å²) in [5, 5.41) is 0. The molecule has 0 radical (unpaired) electrons. The van der Waals surface area contributed by atoms with Crippen LogP contribution >= 0.6 is 0 Å². The van der Waals surface area contributed by atoms with Crippen LogP contribution in [0.4, 0.5) is 0 Å². The number of carbonyl (C=O) groups excluding carboxylic acids is 2. The Kier molecular flexibility index (Phi) is 21.4. The average molecular weight is 579 g/mol. The van der Waals surface area contributed by atoms with Crippen LogP contribution in [0, 0.1) is 11.8 Å². The second-order valence-electron chi connectivity index (χ2n) is 13.0. The molecule has 1 saturated carbocycles. The Morgan fingerprint density at radius 3 is 1.02 bits per heavy atom. The highest BCUT2D eigenvalue weighted by Crippen LogP contribution is 2.43. The summed E-state index contributed by atoms with van der Waals surface area (Å²) in [7, 11) is 0. The van der Waals surface area contributed by atoms with Crippen molar-refractivity contribution in [3.63, 3.8) is 0 Å². The molecule has 0 aromatic carbocycles. The molecule has 0 aromatic rings. The number of esters is 2. The highest BCUT2D eigenvalue weighted by Gasteiger charge is 2.53. The molecule has 240 valence electrons. The molecule has 0 aromatic heterocycles. The van der Waals surface area contributed by atoms with E-state index in [9.17, 15) is 9.59 Å². The fourth-order valence-electron chi connectivity index (χ4n) is 6.39. The van der Waals surface area contributed by atoms with Crippen LogP contribution in [0.25, 0.3) is 0 Å². The zero-order chi connectivity index (χ0) is 29.4. The first-order valence-corrected chi connectivity index (χ1v) is 18.2. The summed E-state index contributed by atoms with van der Waals surface area (Å²) in [6, 6.07) is 0. The zero-order valence-electron chi connectivity index (χ0n) is 27.1. The van der Waals surface area contributed by atoms with Crippen LogP contribution in [-0.2, 0) is 23.8 Å². The van der Waals surface area contributed by atoms with E-state index in [1.54, 1.807) is 0 Å². The van der Waals surface area contributed by atoms with Gasteiger partial charge in [-0.25, -0.2) is 0 Å². The molecule has 4 atom stereocenters. The smallest absolute Gasteiger partial charge is 0.309 e. The van der Waals surface area contributed by atoms with E-state index in [0.29, 0.717) is 26.1 Å². The lowest BCUT2D eigenvalue weighted by atomic mass is 9.79. The second-order valence-corrected chi connectivity index (χ2v) is 13.0. The average Bonchev–Trinajstić information content (AvgIpc) is 3.75. The summed E-state index contributed by atoms with van der Waals surface area (Å²) in [4.78, 5) is 25.8. The van der Waals surface area contributed by atoms with Crippen LogP contribution in [0.2, 0.25) is 0 Å². The fraction of sp³-hybridized carbons (Fsp3) is 0.944. The van der Waals surface area contributed by atoms with E-state index in [1.807, 2.05) is 0 Å². The molecule has 5 nitrogen and oxygen atoms in total. The number of carbonyl (C=O) groups is 2. The molecule has 2 fully saturated rings. The molecule has 5 heteroatoms. The van der Waals surface area contributed by atoms with Crippen LogP contribution in [0.15, 0.2) is 0 Å². The quantitative estimate of drug-likeness (QED) is 0.0525. The highest BCUT2D eigenvalue weighted by molar-refractivity contribution is 5.82. The lowest BCUT2D eigenvalue weighted by Gasteiger charge is -2.26. The molecule has 0 amide bonds. The van der Waals surface area contributed by atoms with Gasteiger partial charge in [0.1, 0.15) is 0 Å². The van der Waals surface area contributed by atoms with E-state index < -0.39 is 11.8 Å². The van der Waals surface area contributed by atoms with Crippen LogP contribution in [0.3, 0.4) is 0 Å². The Balaban J connectivity index is 1.47. The number of hydrogen-bond acceptors (Lipinski definition) is 5. The van der Waals surface area contributed by atoms with Crippen molar-refractivity contribution in [3.05, 3.63) is 0 Å². The van der Waals surface area contributed by atoms with Gasteiger partial charge in [-0.1, -0.05) is 155 Å². The fourth-order valence-corrected chi connectivity index (χ4v) is 6.39. The summed E-state index contributed by atoms with van der Waals surface area (Å²) in [6.07, 6.45) is 32.3. The van der Waals surface area contributed by atoms with Gasteiger partial charge in [0.2, 0.25) is 0 Å². The molecule has 1 saturated heterocycles. The predicted molar refractivity (Wildman–Crippen MR) is 169 cm³/mol. The van der Waals surface area contributed by atoms with Crippen LogP contribution < -0.4 is 0 Å². The summed E-state index contributed by atoms with van der Waals surface area (Å²) < 4.78 is 16.9. The molecule has 0 bridgehead atoms. The number of epoxide rings is 1. The Labute approximate surface area is 253 Å². The van der Waals surface area contributed by atoms with E-state index >= 15 is 0 Å². The van der Waals surface area contributed by atoms with E-state index in [2.05, 4.69) is 13.8 Å². The van der Waals surface area contributed by atoms with Crippen molar-refractivity contribution in [2.75, 3.05) is 13.2 Å². The van der Waals surface area contributed by atoms with E-state index in [1.165, 1.54) is 128 Å². The van der Waals surface area contributed by atoms with Gasteiger partial charge >= 0.3 is 11.9 Å². The second kappa shape index (κ2) is 24.4. The zero-order valence-corrected chi connectivity index (χ0v) is 27.1. The van der Waals surface area contributed by atoms with Crippen molar-refractivity contribution in [1.82, 2.24) is 0 Å². The third kappa shape index (κ3) is 17.6. The molecule has 0 spiro atoms. The lowest BCUT2D eigenvalue weighted by molar-refractivity contribution is -0.162. The minimum atomic E-state index is -0.412. The standard InChI is InChI=1S/C36H66O5/c1-3-5-7-9-11-13-15-17-19-21-23-25-27-39-35(37)31-29-33-34(41-33)30-32(31)36(38)40-28-26-24-22-20-18-16-14-12-10-8-6-4-2/h31-34H,3-30H2,1-2H3. The first kappa shape index (κ1) is 36.1. The van der Waals surface area contributed by atoms with Gasteiger partial charge in [-0.05, 0) is 25.7 Å². The molecule has 1 aliphatic carbocycles. The highest BCUT2D eigenvalue weighted by atomic mass is 16.6. The van der Waals surface area contributed by atoms with E-state index in [4.69, 9.17) is 14.2 Å². The van der Waals surface area contributed by atoms with Gasteiger partial charge in [0, 0.05) is 0 Å². The minimum absolute atomic E-state index is 0.125. The topological polar surface area (TPSA) is 65.1 Å². The monoisotopic (exact) mass is 578 g/mol. The third-order valence-electron chi connectivity index (χ3n) is 9.24. The van der Waals surface area contributed by atoms with Gasteiger partial charge < -0.3 is 14.2 Å². The minimum Gasteiger partial charge on any atom is -0.465 e. The van der Waals surface area contributed by atoms with Gasteiger partial charge in [0.05, 0.1) is 37.3 Å². The van der Waals surface area contributed by atoms with Crippen molar-refractivity contribution in [1.29, 1.82) is 0 Å². The predicted octanol–water partition coefficient (Wildman–Crippen LogP) is 10.3. The Morgan fingerprint density at radius 2 is 0.732 bits per heavy atom. The molecule has 4 unspecified atom stereocenters. The van der Waals surface area contributed by atoms with Crippen LogP contribution in [0.5, 0.6) is 0 Å². The summed E-state index contributed by atoms with van der Waals surface area (Å²) >= 11 is 0. The summed E-state index contributed by atoms with van der Waals surface area (Å²) in [6.45, 7) is 5.45. The van der Waals surface area contributed by atoms with Gasteiger partial charge in [-0.3, -0.25) is 9.59 Å². The van der Waals surface area contributed by atoms with E-state index in [-0.39, 0.29) is 24.1 Å². The largest absolute Gasteiger partial charge is 0.465 e. The number of rotatable bonds is 28. The van der Waals surface area contributed by atoms with Crippen molar-refractivity contribution < 1.29 is 23.8 Å².